The van der Waals surface area contributed by atoms with Crippen LogP contribution in [0.2, 0.25) is 0 Å². The number of rotatable bonds is 5. The Morgan fingerprint density at radius 3 is 2.55 bits per heavy atom. The number of carbonyl (C=O) groups excluding carboxylic acids is 1. The molecule has 0 saturated heterocycles. The van der Waals surface area contributed by atoms with Gasteiger partial charge in [0, 0.05) is 13.6 Å². The van der Waals surface area contributed by atoms with Crippen LogP contribution in [-0.4, -0.2) is 50.6 Å². The predicted octanol–water partition coefficient (Wildman–Crippen LogP) is 0.0567. The highest BCUT2D eigenvalue weighted by Gasteiger charge is 2.24. The molecular weight excluding hydrogens is 284 g/mol. The summed E-state index contributed by atoms with van der Waals surface area (Å²) in [5, 5.41) is 9.25. The van der Waals surface area contributed by atoms with Gasteiger partial charge in [0.25, 0.3) is 0 Å². The number of benzene rings is 1. The van der Waals surface area contributed by atoms with Crippen molar-refractivity contribution in [1.29, 1.82) is 0 Å². The maximum Gasteiger partial charge on any atom is 0.337 e. The minimum atomic E-state index is -3.82. The average Bonchev–Trinajstić information content (AvgIpc) is 2.36. The Kier molecular flexibility index (Phi) is 5.09. The van der Waals surface area contributed by atoms with Crippen molar-refractivity contribution in [3.63, 3.8) is 0 Å². The smallest absolute Gasteiger partial charge is 0.337 e. The lowest BCUT2D eigenvalue weighted by Crippen LogP contribution is -2.33. The SMILES string of the molecule is COC(=O)c1ccc(S(=O)(=O)N(C)CC(C)O)c(N)c1. The largest absolute Gasteiger partial charge is 0.465 e. The number of methoxy groups -OCH3 is 1. The molecule has 0 heterocycles. The minimum absolute atomic E-state index is 0.0506. The molecule has 0 aromatic heterocycles. The summed E-state index contributed by atoms with van der Waals surface area (Å²) < 4.78 is 30.0. The second-order valence-electron chi connectivity index (χ2n) is 4.38. The molecule has 112 valence electrons. The molecule has 0 fully saturated rings. The zero-order valence-corrected chi connectivity index (χ0v) is 12.3. The van der Waals surface area contributed by atoms with Gasteiger partial charge < -0.3 is 15.6 Å². The fourth-order valence-electron chi connectivity index (χ4n) is 1.67. The van der Waals surface area contributed by atoms with Crippen LogP contribution in [-0.2, 0) is 14.8 Å². The van der Waals surface area contributed by atoms with Gasteiger partial charge in [-0.1, -0.05) is 0 Å². The van der Waals surface area contributed by atoms with Crippen LogP contribution in [0.4, 0.5) is 5.69 Å². The van der Waals surface area contributed by atoms with Crippen molar-refractivity contribution in [3.8, 4) is 0 Å². The molecule has 1 rings (SSSR count). The Bertz CT molecular complexity index is 598. The van der Waals surface area contributed by atoms with Crippen LogP contribution in [0.5, 0.6) is 0 Å². The summed E-state index contributed by atoms with van der Waals surface area (Å²) in [6.45, 7) is 1.43. The lowest BCUT2D eigenvalue weighted by atomic mass is 10.2. The lowest BCUT2D eigenvalue weighted by molar-refractivity contribution is 0.0600. The number of nitrogens with two attached hydrogens (primary N) is 1. The maximum atomic E-state index is 12.3. The molecule has 0 aliphatic rings. The molecular formula is C12H18N2O5S. The Morgan fingerprint density at radius 2 is 2.10 bits per heavy atom. The molecule has 1 unspecified atom stereocenters. The molecule has 8 heteroatoms. The van der Waals surface area contributed by atoms with E-state index in [-0.39, 0.29) is 22.7 Å². The number of ether oxygens (including phenoxy) is 1. The van der Waals surface area contributed by atoms with E-state index in [4.69, 9.17) is 5.73 Å². The molecule has 7 nitrogen and oxygen atoms in total. The highest BCUT2D eigenvalue weighted by molar-refractivity contribution is 7.89. The van der Waals surface area contributed by atoms with Gasteiger partial charge in [-0.15, -0.1) is 0 Å². The van der Waals surface area contributed by atoms with E-state index in [1.54, 1.807) is 0 Å². The zero-order chi connectivity index (χ0) is 15.5. The first-order valence-corrected chi connectivity index (χ1v) is 7.26. The molecule has 3 N–H and O–H groups in total. The monoisotopic (exact) mass is 302 g/mol. The Morgan fingerprint density at radius 1 is 1.50 bits per heavy atom. The molecule has 0 amide bonds. The van der Waals surface area contributed by atoms with Crippen LogP contribution >= 0.6 is 0 Å². The van der Waals surface area contributed by atoms with Crippen molar-refractivity contribution in [3.05, 3.63) is 23.8 Å². The zero-order valence-electron chi connectivity index (χ0n) is 11.5. The topological polar surface area (TPSA) is 110 Å². The van der Waals surface area contributed by atoms with Gasteiger partial charge in [0.1, 0.15) is 4.90 Å². The van der Waals surface area contributed by atoms with Crippen LogP contribution in [0.25, 0.3) is 0 Å². The second-order valence-corrected chi connectivity index (χ2v) is 6.39. The van der Waals surface area contributed by atoms with Crippen molar-refractivity contribution in [2.45, 2.75) is 17.9 Å². The maximum absolute atomic E-state index is 12.3. The van der Waals surface area contributed by atoms with Crippen LogP contribution in [0.1, 0.15) is 17.3 Å². The number of anilines is 1. The average molecular weight is 302 g/mol. The van der Waals surface area contributed by atoms with Gasteiger partial charge in [-0.25, -0.2) is 13.2 Å². The van der Waals surface area contributed by atoms with Crippen LogP contribution in [0, 0.1) is 0 Å². The summed E-state index contributed by atoms with van der Waals surface area (Å²) in [5.74, 6) is -0.599. The predicted molar refractivity (Wildman–Crippen MR) is 73.7 cm³/mol. The van der Waals surface area contributed by atoms with E-state index in [0.717, 1.165) is 4.31 Å². The molecule has 1 atom stereocenters. The molecule has 20 heavy (non-hydrogen) atoms. The fraction of sp³-hybridized carbons (Fsp3) is 0.417. The first-order chi connectivity index (χ1) is 9.20. The quantitative estimate of drug-likeness (QED) is 0.588. The van der Waals surface area contributed by atoms with E-state index in [2.05, 4.69) is 4.74 Å². The number of hydrogen-bond acceptors (Lipinski definition) is 6. The third kappa shape index (κ3) is 3.47. The Balaban J connectivity index is 3.17. The van der Waals surface area contributed by atoms with E-state index in [1.807, 2.05) is 0 Å². The summed E-state index contributed by atoms with van der Waals surface area (Å²) in [4.78, 5) is 11.2. The third-order valence-electron chi connectivity index (χ3n) is 2.64. The first-order valence-electron chi connectivity index (χ1n) is 5.82. The van der Waals surface area contributed by atoms with E-state index in [0.29, 0.717) is 0 Å². The number of nitrogens with zero attached hydrogens (tertiary/aromatic N) is 1. The summed E-state index contributed by atoms with van der Waals surface area (Å²) in [7, 11) is -1.25. The number of hydrogen-bond donors (Lipinski definition) is 2. The van der Waals surface area contributed by atoms with Crippen LogP contribution < -0.4 is 5.73 Å². The van der Waals surface area contributed by atoms with Crippen LogP contribution in [0.15, 0.2) is 23.1 Å². The molecule has 1 aromatic rings. The summed E-state index contributed by atoms with van der Waals surface area (Å²) in [6, 6.07) is 3.82. The highest BCUT2D eigenvalue weighted by atomic mass is 32.2. The fourth-order valence-corrected chi connectivity index (χ4v) is 3.01. The number of carbonyl (C=O) groups is 1. The Labute approximate surface area is 118 Å². The van der Waals surface area contributed by atoms with Gasteiger partial charge in [0.2, 0.25) is 10.0 Å². The van der Waals surface area contributed by atoms with Gasteiger partial charge in [-0.2, -0.15) is 4.31 Å². The lowest BCUT2D eigenvalue weighted by Gasteiger charge is -2.19. The number of aliphatic hydroxyl groups excluding tert-OH is 1. The van der Waals surface area contributed by atoms with Crippen molar-refractivity contribution < 1.29 is 23.1 Å². The number of nitrogen functional groups attached to an aromatic ring is 1. The number of likely N-dealkylation sites (N-methyl/N-ethyl adjacent to an activating group) is 1. The highest BCUT2D eigenvalue weighted by Crippen LogP contribution is 2.23. The first kappa shape index (κ1) is 16.4. The van der Waals surface area contributed by atoms with Crippen molar-refractivity contribution in [1.82, 2.24) is 4.31 Å². The van der Waals surface area contributed by atoms with Gasteiger partial charge in [0.15, 0.2) is 0 Å². The summed E-state index contributed by atoms with van der Waals surface area (Å²) in [6.07, 6.45) is -0.801. The van der Waals surface area contributed by atoms with Gasteiger partial charge >= 0.3 is 5.97 Å². The van der Waals surface area contributed by atoms with Crippen molar-refractivity contribution >= 4 is 21.7 Å². The molecule has 0 aliphatic carbocycles. The van der Waals surface area contributed by atoms with E-state index in [1.165, 1.54) is 39.3 Å². The second kappa shape index (κ2) is 6.21. The number of aliphatic hydroxyl groups is 1. The van der Waals surface area contributed by atoms with Crippen LogP contribution in [0.3, 0.4) is 0 Å². The Hall–Kier alpha value is -1.64. The summed E-state index contributed by atoms with van der Waals surface area (Å²) >= 11 is 0. The third-order valence-corrected chi connectivity index (χ3v) is 4.54. The number of sulfonamides is 1. The van der Waals surface area contributed by atoms with Gasteiger partial charge in [-0.3, -0.25) is 0 Å². The molecule has 0 radical (unpaired) electrons. The van der Waals surface area contributed by atoms with Gasteiger partial charge in [-0.05, 0) is 25.1 Å². The summed E-state index contributed by atoms with van der Waals surface area (Å²) in [5.41, 5.74) is 5.81. The van der Waals surface area contributed by atoms with Crippen molar-refractivity contribution in [2.75, 3.05) is 26.4 Å². The number of esters is 1. The van der Waals surface area contributed by atoms with E-state index < -0.39 is 22.1 Å². The van der Waals surface area contributed by atoms with E-state index >= 15 is 0 Å². The molecule has 0 aliphatic heterocycles. The molecule has 0 spiro atoms. The normalized spacial score (nSPS) is 13.2. The minimum Gasteiger partial charge on any atom is -0.465 e. The van der Waals surface area contributed by atoms with E-state index in [9.17, 15) is 18.3 Å². The van der Waals surface area contributed by atoms with Crippen molar-refractivity contribution in [2.24, 2.45) is 0 Å². The van der Waals surface area contributed by atoms with Gasteiger partial charge in [0.05, 0.1) is 24.5 Å². The molecule has 1 aromatic carbocycles. The molecule has 0 saturated carbocycles. The standard InChI is InChI=1S/C12H18N2O5S/c1-8(15)7-14(2)20(17,18)11-5-4-9(6-10(11)13)12(16)19-3/h4-6,8,15H,7,13H2,1-3H3. The molecule has 0 bridgehead atoms.